The Morgan fingerprint density at radius 1 is 1.62 bits per heavy atom. The lowest BCUT2D eigenvalue weighted by molar-refractivity contribution is -0.120. The van der Waals surface area contributed by atoms with E-state index in [0.717, 1.165) is 13.1 Å². The summed E-state index contributed by atoms with van der Waals surface area (Å²) >= 11 is 0. The zero-order valence-electron chi connectivity index (χ0n) is 8.63. The highest BCUT2D eigenvalue weighted by atomic mass is 16.1. The van der Waals surface area contributed by atoms with E-state index in [9.17, 15) is 4.79 Å². The summed E-state index contributed by atoms with van der Waals surface area (Å²) in [6.07, 6.45) is 1.32. The number of hydrogen-bond donors (Lipinski definition) is 1. The highest BCUT2D eigenvalue weighted by Gasteiger charge is 2.40. The van der Waals surface area contributed by atoms with Crippen LogP contribution in [0.5, 0.6) is 0 Å². The van der Waals surface area contributed by atoms with Crippen molar-refractivity contribution >= 4 is 5.91 Å². The van der Waals surface area contributed by atoms with Crippen molar-refractivity contribution in [2.45, 2.75) is 32.4 Å². The van der Waals surface area contributed by atoms with Gasteiger partial charge in [-0.15, -0.1) is 0 Å². The lowest BCUT2D eigenvalue weighted by Gasteiger charge is -2.50. The Bertz CT molecular complexity index is 217. The molecule has 1 amide bonds. The predicted molar refractivity (Wildman–Crippen MR) is 53.5 cm³/mol. The lowest BCUT2D eigenvalue weighted by Crippen LogP contribution is -2.69. The molecule has 0 aromatic carbocycles. The Kier molecular flexibility index (Phi) is 2.76. The van der Waals surface area contributed by atoms with Gasteiger partial charge in [-0.25, -0.2) is 0 Å². The van der Waals surface area contributed by atoms with Crippen LogP contribution in [0.2, 0.25) is 0 Å². The Balaban J connectivity index is 2.38. The molecule has 0 saturated carbocycles. The second-order valence-corrected chi connectivity index (χ2v) is 4.25. The van der Waals surface area contributed by atoms with Crippen molar-refractivity contribution in [2.75, 3.05) is 13.1 Å². The van der Waals surface area contributed by atoms with Crippen LogP contribution in [0.25, 0.3) is 0 Å². The molecule has 0 bridgehead atoms. The molecule has 0 atom stereocenters. The first-order chi connectivity index (χ1) is 5.97. The van der Waals surface area contributed by atoms with Crippen LogP contribution in [0.3, 0.4) is 0 Å². The van der Waals surface area contributed by atoms with Crippen molar-refractivity contribution in [1.29, 1.82) is 0 Å². The van der Waals surface area contributed by atoms with E-state index >= 15 is 0 Å². The fraction of sp³-hybridized carbons (Fsp3) is 0.700. The van der Waals surface area contributed by atoms with Gasteiger partial charge in [-0.2, -0.15) is 0 Å². The van der Waals surface area contributed by atoms with Crippen LogP contribution in [0.1, 0.15) is 20.8 Å². The van der Waals surface area contributed by atoms with Crippen LogP contribution in [0.4, 0.5) is 0 Å². The molecule has 0 aromatic heterocycles. The predicted octanol–water partition coefficient (Wildman–Crippen LogP) is 0.771. The summed E-state index contributed by atoms with van der Waals surface area (Å²) in [4.78, 5) is 13.4. The first-order valence-electron chi connectivity index (χ1n) is 4.65. The molecule has 0 unspecified atom stereocenters. The average Bonchev–Trinajstić information content (AvgIpc) is 1.99. The quantitative estimate of drug-likeness (QED) is 0.654. The molecule has 1 N–H and O–H groups in total. The van der Waals surface area contributed by atoms with E-state index in [0.29, 0.717) is 6.04 Å². The van der Waals surface area contributed by atoms with Gasteiger partial charge in [-0.05, 0) is 26.8 Å². The number of rotatable bonds is 3. The second-order valence-electron chi connectivity index (χ2n) is 4.25. The minimum atomic E-state index is -0.0779. The summed E-state index contributed by atoms with van der Waals surface area (Å²) in [5.41, 5.74) is -0.0461. The Hall–Kier alpha value is -0.830. The van der Waals surface area contributed by atoms with E-state index in [1.54, 1.807) is 0 Å². The van der Waals surface area contributed by atoms with Crippen molar-refractivity contribution in [3.63, 3.8) is 0 Å². The van der Waals surface area contributed by atoms with Gasteiger partial charge in [-0.3, -0.25) is 9.69 Å². The van der Waals surface area contributed by atoms with Crippen LogP contribution in [0, 0.1) is 0 Å². The summed E-state index contributed by atoms with van der Waals surface area (Å²) in [5, 5.41) is 2.93. The number of nitrogens with one attached hydrogen (secondary N) is 1. The Morgan fingerprint density at radius 3 is 2.54 bits per heavy atom. The molecule has 1 saturated heterocycles. The van der Waals surface area contributed by atoms with Gasteiger partial charge in [0.2, 0.25) is 5.91 Å². The Labute approximate surface area is 79.8 Å². The average molecular weight is 182 g/mol. The summed E-state index contributed by atoms with van der Waals surface area (Å²) < 4.78 is 0. The molecule has 0 aliphatic carbocycles. The standard InChI is InChI=1S/C10H18N2O/c1-5-9(13)11-10(4)6-12(7-10)8(2)3/h5,8H,1,6-7H2,2-4H3,(H,11,13). The third-order valence-electron chi connectivity index (χ3n) is 2.44. The molecular formula is C10H18N2O. The minimum absolute atomic E-state index is 0.0461. The fourth-order valence-electron chi connectivity index (χ4n) is 1.64. The topological polar surface area (TPSA) is 32.3 Å². The summed E-state index contributed by atoms with van der Waals surface area (Å²) in [5.74, 6) is -0.0779. The van der Waals surface area contributed by atoms with Gasteiger partial charge in [0, 0.05) is 19.1 Å². The highest BCUT2D eigenvalue weighted by Crippen LogP contribution is 2.22. The molecule has 1 aliphatic rings. The second kappa shape index (κ2) is 3.50. The van der Waals surface area contributed by atoms with E-state index in [-0.39, 0.29) is 11.4 Å². The lowest BCUT2D eigenvalue weighted by atomic mass is 9.90. The van der Waals surface area contributed by atoms with Gasteiger partial charge in [0.1, 0.15) is 0 Å². The maximum Gasteiger partial charge on any atom is 0.243 e. The zero-order valence-corrected chi connectivity index (χ0v) is 8.63. The molecule has 0 spiro atoms. The van der Waals surface area contributed by atoms with Crippen LogP contribution in [-0.4, -0.2) is 35.5 Å². The van der Waals surface area contributed by atoms with Gasteiger partial charge in [0.25, 0.3) is 0 Å². The van der Waals surface area contributed by atoms with Crippen molar-refractivity contribution in [1.82, 2.24) is 10.2 Å². The summed E-state index contributed by atoms with van der Waals surface area (Å²) in [7, 11) is 0. The fourth-order valence-corrected chi connectivity index (χ4v) is 1.64. The highest BCUT2D eigenvalue weighted by molar-refractivity contribution is 5.87. The molecule has 13 heavy (non-hydrogen) atoms. The maximum atomic E-state index is 11.0. The number of amides is 1. The molecule has 1 rings (SSSR count). The first-order valence-corrected chi connectivity index (χ1v) is 4.65. The van der Waals surface area contributed by atoms with Gasteiger partial charge >= 0.3 is 0 Å². The molecule has 1 fully saturated rings. The van der Waals surface area contributed by atoms with Crippen LogP contribution < -0.4 is 5.32 Å². The van der Waals surface area contributed by atoms with Crippen LogP contribution in [0.15, 0.2) is 12.7 Å². The van der Waals surface area contributed by atoms with Crippen LogP contribution >= 0.6 is 0 Å². The maximum absolute atomic E-state index is 11.0. The van der Waals surface area contributed by atoms with E-state index in [2.05, 4.69) is 37.6 Å². The molecule has 1 aliphatic heterocycles. The minimum Gasteiger partial charge on any atom is -0.345 e. The molecule has 74 valence electrons. The molecule has 1 heterocycles. The normalized spacial score (nSPS) is 20.9. The smallest absolute Gasteiger partial charge is 0.243 e. The number of hydrogen-bond acceptors (Lipinski definition) is 2. The SMILES string of the molecule is C=CC(=O)NC1(C)CN(C(C)C)C1. The third-order valence-corrected chi connectivity index (χ3v) is 2.44. The number of nitrogens with zero attached hydrogens (tertiary/aromatic N) is 1. The van der Waals surface area contributed by atoms with E-state index in [4.69, 9.17) is 0 Å². The van der Waals surface area contributed by atoms with Crippen molar-refractivity contribution < 1.29 is 4.79 Å². The molecule has 0 aromatic rings. The molecule has 0 radical (unpaired) electrons. The molecule has 3 nitrogen and oxygen atoms in total. The number of likely N-dealkylation sites (tertiary alicyclic amines) is 1. The van der Waals surface area contributed by atoms with Crippen molar-refractivity contribution in [3.05, 3.63) is 12.7 Å². The van der Waals surface area contributed by atoms with Crippen molar-refractivity contribution in [3.8, 4) is 0 Å². The third kappa shape index (κ3) is 2.31. The van der Waals surface area contributed by atoms with Gasteiger partial charge in [0.15, 0.2) is 0 Å². The zero-order chi connectivity index (χ0) is 10.1. The first kappa shape index (κ1) is 10.3. The Morgan fingerprint density at radius 2 is 2.15 bits per heavy atom. The number of carbonyl (C=O) groups is 1. The van der Waals surface area contributed by atoms with Crippen LogP contribution in [-0.2, 0) is 4.79 Å². The van der Waals surface area contributed by atoms with E-state index < -0.39 is 0 Å². The van der Waals surface area contributed by atoms with Gasteiger partial charge in [-0.1, -0.05) is 6.58 Å². The van der Waals surface area contributed by atoms with E-state index in [1.165, 1.54) is 6.08 Å². The monoisotopic (exact) mass is 182 g/mol. The van der Waals surface area contributed by atoms with E-state index in [1.807, 2.05) is 0 Å². The molecular weight excluding hydrogens is 164 g/mol. The van der Waals surface area contributed by atoms with Crippen molar-refractivity contribution in [2.24, 2.45) is 0 Å². The summed E-state index contributed by atoms with van der Waals surface area (Å²) in [6, 6.07) is 0.564. The summed E-state index contributed by atoms with van der Waals surface area (Å²) in [6.45, 7) is 11.7. The largest absolute Gasteiger partial charge is 0.345 e. The van der Waals surface area contributed by atoms with Gasteiger partial charge in [0.05, 0.1) is 5.54 Å². The number of carbonyl (C=O) groups excluding carboxylic acids is 1. The van der Waals surface area contributed by atoms with Gasteiger partial charge < -0.3 is 5.32 Å². The molecule has 3 heteroatoms.